The zero-order valence-electron chi connectivity index (χ0n) is 11.4. The molecule has 0 bridgehead atoms. The number of carboxylic acids is 1. The lowest BCUT2D eigenvalue weighted by molar-refractivity contribution is -0.163. The highest BCUT2D eigenvalue weighted by Crippen LogP contribution is 2.31. The molecule has 0 atom stereocenters. The van der Waals surface area contributed by atoms with Gasteiger partial charge >= 0.3 is 5.97 Å². The van der Waals surface area contributed by atoms with E-state index in [-0.39, 0.29) is 25.4 Å². The minimum atomic E-state index is -0.866. The van der Waals surface area contributed by atoms with E-state index in [9.17, 15) is 9.59 Å². The Morgan fingerprint density at radius 2 is 2.14 bits per heavy atom. The van der Waals surface area contributed by atoms with E-state index in [0.717, 1.165) is 10.9 Å². The maximum atomic E-state index is 12.2. The van der Waals surface area contributed by atoms with Crippen molar-refractivity contribution in [1.82, 2.24) is 4.90 Å². The minimum Gasteiger partial charge on any atom is -0.481 e. The molecule has 2 aromatic rings. The number of halogens is 1. The number of carboxylic acid groups (broad SMARTS) is 1. The van der Waals surface area contributed by atoms with E-state index >= 15 is 0 Å². The van der Waals surface area contributed by atoms with Crippen molar-refractivity contribution in [3.8, 4) is 0 Å². The van der Waals surface area contributed by atoms with Gasteiger partial charge in [-0.3, -0.25) is 9.59 Å². The zero-order valence-corrected chi connectivity index (χ0v) is 12.2. The van der Waals surface area contributed by atoms with Gasteiger partial charge in [-0.05, 0) is 25.1 Å². The van der Waals surface area contributed by atoms with Crippen molar-refractivity contribution >= 4 is 34.4 Å². The van der Waals surface area contributed by atoms with Gasteiger partial charge in [0.1, 0.15) is 5.58 Å². The van der Waals surface area contributed by atoms with Gasteiger partial charge in [-0.15, -0.1) is 0 Å². The molecule has 1 saturated heterocycles. The molecular formula is C15H14ClNO4. The third-order valence-corrected chi connectivity index (χ3v) is 4.14. The second-order valence-electron chi connectivity index (χ2n) is 5.69. The maximum absolute atomic E-state index is 12.2. The summed E-state index contributed by atoms with van der Waals surface area (Å²) in [6, 6.07) is 5.27. The van der Waals surface area contributed by atoms with E-state index in [1.165, 1.54) is 0 Å². The van der Waals surface area contributed by atoms with E-state index in [1.807, 2.05) is 6.07 Å². The summed E-state index contributed by atoms with van der Waals surface area (Å²) >= 11 is 5.89. The van der Waals surface area contributed by atoms with Crippen LogP contribution in [-0.4, -0.2) is 35.0 Å². The molecule has 1 amide bonds. The van der Waals surface area contributed by atoms with Crippen molar-refractivity contribution < 1.29 is 19.1 Å². The molecule has 1 aromatic heterocycles. The Morgan fingerprint density at radius 3 is 2.81 bits per heavy atom. The van der Waals surface area contributed by atoms with Crippen LogP contribution < -0.4 is 0 Å². The summed E-state index contributed by atoms with van der Waals surface area (Å²) in [6.07, 6.45) is 1.75. The number of likely N-dealkylation sites (tertiary alicyclic amines) is 1. The number of amides is 1. The summed E-state index contributed by atoms with van der Waals surface area (Å²) in [6.45, 7) is 2.15. The van der Waals surface area contributed by atoms with Gasteiger partial charge in [0.05, 0.1) is 18.1 Å². The number of rotatable bonds is 3. The molecule has 2 heterocycles. The van der Waals surface area contributed by atoms with Crippen molar-refractivity contribution in [2.24, 2.45) is 5.41 Å². The third-order valence-electron chi connectivity index (χ3n) is 3.91. The average molecular weight is 308 g/mol. The third kappa shape index (κ3) is 2.38. The van der Waals surface area contributed by atoms with Crippen LogP contribution in [-0.2, 0) is 16.0 Å². The summed E-state index contributed by atoms with van der Waals surface area (Å²) < 4.78 is 5.39. The van der Waals surface area contributed by atoms with Crippen molar-refractivity contribution in [1.29, 1.82) is 0 Å². The molecular weight excluding hydrogens is 294 g/mol. The Labute approximate surface area is 126 Å². The lowest BCUT2D eigenvalue weighted by Crippen LogP contribution is -2.60. The fourth-order valence-corrected chi connectivity index (χ4v) is 2.74. The van der Waals surface area contributed by atoms with Crippen LogP contribution in [0.15, 0.2) is 28.9 Å². The lowest BCUT2D eigenvalue weighted by atomic mass is 9.82. The lowest BCUT2D eigenvalue weighted by Gasteiger charge is -2.44. The van der Waals surface area contributed by atoms with Gasteiger partial charge in [0.25, 0.3) is 0 Å². The molecule has 1 fully saturated rings. The van der Waals surface area contributed by atoms with Gasteiger partial charge in [-0.2, -0.15) is 0 Å². The van der Waals surface area contributed by atoms with E-state index in [2.05, 4.69) is 0 Å². The Balaban J connectivity index is 1.72. The number of benzene rings is 1. The Morgan fingerprint density at radius 1 is 1.43 bits per heavy atom. The fraction of sp³-hybridized carbons (Fsp3) is 0.333. The van der Waals surface area contributed by atoms with Crippen molar-refractivity contribution in [3.63, 3.8) is 0 Å². The summed E-state index contributed by atoms with van der Waals surface area (Å²) in [7, 11) is 0. The van der Waals surface area contributed by atoms with Crippen LogP contribution in [0, 0.1) is 5.41 Å². The average Bonchev–Trinajstić information content (AvgIpc) is 2.76. The highest BCUT2D eigenvalue weighted by molar-refractivity contribution is 6.31. The molecule has 6 heteroatoms. The zero-order chi connectivity index (χ0) is 15.2. The molecule has 3 rings (SSSR count). The molecule has 1 aliphatic heterocycles. The van der Waals surface area contributed by atoms with Crippen LogP contribution in [0.3, 0.4) is 0 Å². The molecule has 1 aliphatic rings. The van der Waals surface area contributed by atoms with Crippen molar-refractivity contribution in [3.05, 3.63) is 35.0 Å². The predicted molar refractivity (Wildman–Crippen MR) is 77.3 cm³/mol. The summed E-state index contributed by atoms with van der Waals surface area (Å²) in [5, 5.41) is 10.5. The van der Waals surface area contributed by atoms with E-state index in [4.69, 9.17) is 21.1 Å². The van der Waals surface area contributed by atoms with Gasteiger partial charge in [0.2, 0.25) is 5.91 Å². The topological polar surface area (TPSA) is 70.8 Å². The van der Waals surface area contributed by atoms with Crippen LogP contribution >= 0.6 is 11.6 Å². The molecule has 5 nitrogen and oxygen atoms in total. The van der Waals surface area contributed by atoms with Gasteiger partial charge in [0, 0.05) is 29.1 Å². The number of hydrogen-bond acceptors (Lipinski definition) is 3. The number of carbonyl (C=O) groups is 2. The first-order valence-corrected chi connectivity index (χ1v) is 6.94. The molecule has 21 heavy (non-hydrogen) atoms. The number of carbonyl (C=O) groups excluding carboxylic acids is 1. The standard InChI is InChI=1S/C15H14ClNO4/c1-15(14(19)20)7-17(8-15)13(18)4-9-6-21-12-5-10(16)2-3-11(9)12/h2-3,5-6H,4,7-8H2,1H3,(H,19,20). The summed E-state index contributed by atoms with van der Waals surface area (Å²) in [4.78, 5) is 24.8. The number of fused-ring (bicyclic) bond motifs is 1. The van der Waals surface area contributed by atoms with E-state index in [1.54, 1.807) is 30.2 Å². The number of aliphatic carboxylic acids is 1. The quantitative estimate of drug-likeness (QED) is 0.946. The molecule has 0 radical (unpaired) electrons. The van der Waals surface area contributed by atoms with Crippen LogP contribution in [0.2, 0.25) is 5.02 Å². The maximum Gasteiger partial charge on any atom is 0.312 e. The molecule has 0 spiro atoms. The second kappa shape index (κ2) is 4.77. The molecule has 1 aromatic carbocycles. The SMILES string of the molecule is CC1(C(=O)O)CN(C(=O)Cc2coc3cc(Cl)ccc23)C1. The normalized spacial score (nSPS) is 16.8. The summed E-state index contributed by atoms with van der Waals surface area (Å²) in [5.41, 5.74) is 0.613. The van der Waals surface area contributed by atoms with Gasteiger partial charge in [0.15, 0.2) is 0 Å². The Kier molecular flexibility index (Phi) is 3.17. The van der Waals surface area contributed by atoms with E-state index < -0.39 is 11.4 Å². The Bertz CT molecular complexity index is 730. The van der Waals surface area contributed by atoms with Crippen LogP contribution in [0.4, 0.5) is 0 Å². The first-order valence-electron chi connectivity index (χ1n) is 6.56. The first-order chi connectivity index (χ1) is 9.89. The van der Waals surface area contributed by atoms with Crippen molar-refractivity contribution in [2.75, 3.05) is 13.1 Å². The smallest absolute Gasteiger partial charge is 0.312 e. The minimum absolute atomic E-state index is 0.0913. The van der Waals surface area contributed by atoms with Gasteiger partial charge in [-0.25, -0.2) is 0 Å². The van der Waals surface area contributed by atoms with Gasteiger partial charge in [-0.1, -0.05) is 11.6 Å². The van der Waals surface area contributed by atoms with Crippen LogP contribution in [0.5, 0.6) is 0 Å². The highest BCUT2D eigenvalue weighted by Gasteiger charge is 2.47. The van der Waals surface area contributed by atoms with E-state index in [0.29, 0.717) is 10.6 Å². The highest BCUT2D eigenvalue weighted by atomic mass is 35.5. The number of furan rings is 1. The number of hydrogen-bond donors (Lipinski definition) is 1. The number of nitrogens with zero attached hydrogens (tertiary/aromatic N) is 1. The summed E-state index contributed by atoms with van der Waals surface area (Å²) in [5.74, 6) is -0.957. The predicted octanol–water partition coefficient (Wildman–Crippen LogP) is 2.56. The monoisotopic (exact) mass is 307 g/mol. The first kappa shape index (κ1) is 13.9. The molecule has 110 valence electrons. The molecule has 0 saturated carbocycles. The van der Waals surface area contributed by atoms with Crippen LogP contribution in [0.1, 0.15) is 12.5 Å². The molecule has 1 N–H and O–H groups in total. The van der Waals surface area contributed by atoms with Crippen molar-refractivity contribution in [2.45, 2.75) is 13.3 Å². The fourth-order valence-electron chi connectivity index (χ4n) is 2.58. The van der Waals surface area contributed by atoms with Crippen LogP contribution in [0.25, 0.3) is 11.0 Å². The molecule has 0 unspecified atom stereocenters. The largest absolute Gasteiger partial charge is 0.481 e. The molecule has 0 aliphatic carbocycles. The second-order valence-corrected chi connectivity index (χ2v) is 6.13. The Hall–Kier alpha value is -2.01. The van der Waals surface area contributed by atoms with Gasteiger partial charge < -0.3 is 14.4 Å².